The number of hydrogen-bond acceptors (Lipinski definition) is 3. The van der Waals surface area contributed by atoms with Crippen LogP contribution in [0.1, 0.15) is 40.2 Å². The first kappa shape index (κ1) is 19.4. The molecule has 0 fully saturated rings. The Morgan fingerprint density at radius 2 is 1.83 bits per heavy atom. The lowest BCUT2D eigenvalue weighted by atomic mass is 10.0. The second-order valence-electron chi connectivity index (χ2n) is 6.45. The van der Waals surface area contributed by atoms with E-state index in [1.54, 1.807) is 0 Å². The molecule has 0 saturated carbocycles. The van der Waals surface area contributed by atoms with Gasteiger partial charge in [0.1, 0.15) is 0 Å². The molecule has 128 valence electrons. The highest BCUT2D eigenvalue weighted by atomic mass is 16.5. The highest BCUT2D eigenvalue weighted by molar-refractivity contribution is 5.68. The minimum absolute atomic E-state index is 0.324. The lowest BCUT2D eigenvalue weighted by Crippen LogP contribution is -2.31. The van der Waals surface area contributed by atoms with E-state index in [4.69, 9.17) is 4.74 Å². The molecule has 0 spiro atoms. The van der Waals surface area contributed by atoms with Gasteiger partial charge in [0.2, 0.25) is 0 Å². The molecule has 0 heterocycles. The molecule has 0 aromatic heterocycles. The summed E-state index contributed by atoms with van der Waals surface area (Å²) in [5.41, 5.74) is 3.43. The van der Waals surface area contributed by atoms with Crippen LogP contribution in [0.25, 0.3) is 5.70 Å². The van der Waals surface area contributed by atoms with Crippen LogP contribution in [0.15, 0.2) is 41.0 Å². The third-order valence-electron chi connectivity index (χ3n) is 3.62. The van der Waals surface area contributed by atoms with Gasteiger partial charge in [0.25, 0.3) is 0 Å². The van der Waals surface area contributed by atoms with Crippen molar-refractivity contribution in [3.63, 3.8) is 0 Å². The number of hydrogen-bond donors (Lipinski definition) is 0. The first-order valence-electron chi connectivity index (χ1n) is 8.60. The minimum atomic E-state index is 0.324. The van der Waals surface area contributed by atoms with E-state index in [1.165, 1.54) is 11.3 Å². The van der Waals surface area contributed by atoms with Crippen LogP contribution in [0.3, 0.4) is 0 Å². The summed E-state index contributed by atoms with van der Waals surface area (Å²) in [5.74, 6) is 0.887. The van der Waals surface area contributed by atoms with Gasteiger partial charge in [0, 0.05) is 19.7 Å². The van der Waals surface area contributed by atoms with Gasteiger partial charge >= 0.3 is 0 Å². The fourth-order valence-corrected chi connectivity index (χ4v) is 2.67. The Balaban J connectivity index is 3.29. The molecule has 0 unspecified atom stereocenters. The molecule has 0 N–H and O–H groups in total. The molecule has 0 aliphatic heterocycles. The molecule has 23 heavy (non-hydrogen) atoms. The Kier molecular flexibility index (Phi) is 8.64. The average molecular weight is 316 g/mol. The van der Waals surface area contributed by atoms with Crippen LogP contribution in [-0.2, 0) is 4.74 Å². The maximum Gasteiger partial charge on any atom is 0.0661 e. The fourth-order valence-electron chi connectivity index (χ4n) is 2.67. The van der Waals surface area contributed by atoms with Crippen molar-refractivity contribution in [2.45, 2.75) is 34.6 Å². The largest absolute Gasteiger partial charge is 0.380 e. The van der Waals surface area contributed by atoms with E-state index < -0.39 is 0 Å². The van der Waals surface area contributed by atoms with Crippen molar-refractivity contribution < 1.29 is 4.74 Å². The number of rotatable bonds is 10. The van der Waals surface area contributed by atoms with Gasteiger partial charge in [-0.1, -0.05) is 58.0 Å². The SMILES string of the molecule is C=N/C(=C(/c1ccccc1)N(CCOCC)CC(C)C)C(C)C. The van der Waals surface area contributed by atoms with Gasteiger partial charge in [0.15, 0.2) is 0 Å². The Labute approximate surface area is 142 Å². The Hall–Kier alpha value is -1.61. The van der Waals surface area contributed by atoms with E-state index >= 15 is 0 Å². The van der Waals surface area contributed by atoms with Gasteiger partial charge < -0.3 is 9.64 Å². The second-order valence-corrected chi connectivity index (χ2v) is 6.45. The Morgan fingerprint density at radius 1 is 1.17 bits per heavy atom. The number of allylic oxidation sites excluding steroid dienone is 1. The van der Waals surface area contributed by atoms with Gasteiger partial charge in [-0.3, -0.25) is 4.99 Å². The molecule has 0 radical (unpaired) electrons. The molecule has 0 amide bonds. The molecule has 0 aliphatic carbocycles. The lowest BCUT2D eigenvalue weighted by molar-refractivity contribution is 0.127. The molecule has 0 bridgehead atoms. The second kappa shape index (κ2) is 10.2. The van der Waals surface area contributed by atoms with Crippen molar-refractivity contribution in [3.8, 4) is 0 Å². The quantitative estimate of drug-likeness (QED) is 0.461. The van der Waals surface area contributed by atoms with Gasteiger partial charge in [-0.05, 0) is 31.0 Å². The third-order valence-corrected chi connectivity index (χ3v) is 3.62. The molecule has 1 aromatic carbocycles. The molecular weight excluding hydrogens is 284 g/mol. The topological polar surface area (TPSA) is 24.8 Å². The van der Waals surface area contributed by atoms with E-state index in [0.29, 0.717) is 11.8 Å². The monoisotopic (exact) mass is 316 g/mol. The molecular formula is C20H32N2O. The summed E-state index contributed by atoms with van der Waals surface area (Å²) in [6, 6.07) is 10.5. The zero-order chi connectivity index (χ0) is 17.2. The highest BCUT2D eigenvalue weighted by Gasteiger charge is 2.19. The smallest absolute Gasteiger partial charge is 0.0661 e. The standard InChI is InChI=1S/C20H32N2O/c1-7-23-14-13-22(15-16(2)3)20(19(21-6)17(4)5)18-11-9-8-10-12-18/h8-12,16-17H,6-7,13-15H2,1-5H3/b20-19-. The van der Waals surface area contributed by atoms with Crippen molar-refractivity contribution in [3.05, 3.63) is 41.6 Å². The van der Waals surface area contributed by atoms with E-state index in [-0.39, 0.29) is 0 Å². The maximum absolute atomic E-state index is 5.59. The zero-order valence-corrected chi connectivity index (χ0v) is 15.4. The van der Waals surface area contributed by atoms with Gasteiger partial charge in [-0.15, -0.1) is 0 Å². The number of ether oxygens (including phenoxy) is 1. The predicted molar refractivity (Wildman–Crippen MR) is 101 cm³/mol. The summed E-state index contributed by atoms with van der Waals surface area (Å²) in [4.78, 5) is 6.77. The Morgan fingerprint density at radius 3 is 2.30 bits per heavy atom. The van der Waals surface area contributed by atoms with Crippen LogP contribution >= 0.6 is 0 Å². The molecule has 0 atom stereocenters. The van der Waals surface area contributed by atoms with Crippen LogP contribution in [0.5, 0.6) is 0 Å². The fraction of sp³-hybridized carbons (Fsp3) is 0.550. The van der Waals surface area contributed by atoms with Crippen LogP contribution in [0, 0.1) is 11.8 Å². The summed E-state index contributed by atoms with van der Waals surface area (Å²) in [7, 11) is 0. The number of aliphatic imine (C=N–C) groups is 1. The first-order chi connectivity index (χ1) is 11.0. The summed E-state index contributed by atoms with van der Waals surface area (Å²) in [6.07, 6.45) is 0. The van der Waals surface area contributed by atoms with Crippen LogP contribution in [0.4, 0.5) is 0 Å². The number of benzene rings is 1. The van der Waals surface area contributed by atoms with Crippen molar-refractivity contribution >= 4 is 12.4 Å². The van der Waals surface area contributed by atoms with E-state index in [9.17, 15) is 0 Å². The van der Waals surface area contributed by atoms with Gasteiger partial charge in [-0.2, -0.15) is 0 Å². The highest BCUT2D eigenvalue weighted by Crippen LogP contribution is 2.28. The third kappa shape index (κ3) is 6.19. The van der Waals surface area contributed by atoms with Crippen molar-refractivity contribution in [2.75, 3.05) is 26.3 Å². The Bertz CT molecular complexity index is 492. The molecule has 3 heteroatoms. The van der Waals surface area contributed by atoms with E-state index in [2.05, 4.69) is 68.6 Å². The average Bonchev–Trinajstić information content (AvgIpc) is 2.52. The van der Waals surface area contributed by atoms with Crippen LogP contribution in [0.2, 0.25) is 0 Å². The number of nitrogens with zero attached hydrogens (tertiary/aromatic N) is 2. The normalized spacial score (nSPS) is 12.5. The van der Waals surface area contributed by atoms with Gasteiger partial charge in [-0.25, -0.2) is 0 Å². The van der Waals surface area contributed by atoms with Crippen LogP contribution in [-0.4, -0.2) is 37.9 Å². The van der Waals surface area contributed by atoms with Gasteiger partial charge in [0.05, 0.1) is 18.0 Å². The van der Waals surface area contributed by atoms with Crippen molar-refractivity contribution in [2.24, 2.45) is 16.8 Å². The molecule has 1 rings (SSSR count). The minimum Gasteiger partial charge on any atom is -0.380 e. The molecule has 3 nitrogen and oxygen atoms in total. The van der Waals surface area contributed by atoms with E-state index in [1.807, 2.05) is 13.0 Å². The lowest BCUT2D eigenvalue weighted by Gasteiger charge is -2.31. The summed E-state index contributed by atoms with van der Waals surface area (Å²) in [5, 5.41) is 0. The maximum atomic E-state index is 5.59. The predicted octanol–water partition coefficient (Wildman–Crippen LogP) is 4.71. The summed E-state index contributed by atoms with van der Waals surface area (Å²) in [6.45, 7) is 18.0. The first-order valence-corrected chi connectivity index (χ1v) is 8.60. The summed E-state index contributed by atoms with van der Waals surface area (Å²) >= 11 is 0. The van der Waals surface area contributed by atoms with Crippen molar-refractivity contribution in [1.82, 2.24) is 4.90 Å². The summed E-state index contributed by atoms with van der Waals surface area (Å²) < 4.78 is 5.59. The molecule has 0 saturated heterocycles. The molecule has 0 aliphatic rings. The molecule has 1 aromatic rings. The van der Waals surface area contributed by atoms with E-state index in [0.717, 1.165) is 32.0 Å². The van der Waals surface area contributed by atoms with Crippen molar-refractivity contribution in [1.29, 1.82) is 0 Å². The zero-order valence-electron chi connectivity index (χ0n) is 15.4. The van der Waals surface area contributed by atoms with Crippen LogP contribution < -0.4 is 0 Å².